The molecule has 3 atom stereocenters. The number of nitrogens with one attached hydrogen (secondary N) is 1. The fourth-order valence-corrected chi connectivity index (χ4v) is 3.36. The minimum atomic E-state index is 0.801. The molecular weight excluding hydrogens is 206 g/mol. The van der Waals surface area contributed by atoms with Gasteiger partial charge in [-0.2, -0.15) is 0 Å². The van der Waals surface area contributed by atoms with Gasteiger partial charge in [-0.05, 0) is 44.1 Å². The first-order valence-corrected chi connectivity index (χ1v) is 8.05. The van der Waals surface area contributed by atoms with E-state index in [0.29, 0.717) is 0 Å². The van der Waals surface area contributed by atoms with E-state index < -0.39 is 0 Å². The lowest BCUT2D eigenvalue weighted by molar-refractivity contribution is 0.299. The van der Waals surface area contributed by atoms with Crippen LogP contribution in [-0.4, -0.2) is 12.6 Å². The van der Waals surface area contributed by atoms with Crippen LogP contribution in [0.4, 0.5) is 0 Å². The molecule has 102 valence electrons. The fourth-order valence-electron chi connectivity index (χ4n) is 3.36. The molecule has 0 bridgehead atoms. The average molecular weight is 239 g/mol. The highest BCUT2D eigenvalue weighted by molar-refractivity contribution is 4.80. The van der Waals surface area contributed by atoms with Crippen LogP contribution in [0.15, 0.2) is 0 Å². The van der Waals surface area contributed by atoms with Crippen molar-refractivity contribution < 1.29 is 0 Å². The first-order chi connectivity index (χ1) is 8.31. The van der Waals surface area contributed by atoms with Crippen LogP contribution in [0.2, 0.25) is 0 Å². The minimum Gasteiger partial charge on any atom is -0.314 e. The Morgan fingerprint density at radius 1 is 1.00 bits per heavy atom. The van der Waals surface area contributed by atoms with Crippen LogP contribution in [0, 0.1) is 11.8 Å². The molecule has 0 radical (unpaired) electrons. The zero-order chi connectivity index (χ0) is 12.5. The third-order valence-corrected chi connectivity index (χ3v) is 4.54. The SMILES string of the molecule is CCCNC(CCC)C1CCCC(CC)CC1. The van der Waals surface area contributed by atoms with E-state index in [4.69, 9.17) is 0 Å². The standard InChI is InChI=1S/C16H33N/c1-4-8-16(17-13-5-2)15-10-7-9-14(6-3)11-12-15/h14-17H,4-13H2,1-3H3. The Balaban J connectivity index is 2.42. The molecule has 1 heteroatoms. The van der Waals surface area contributed by atoms with Crippen molar-refractivity contribution in [2.24, 2.45) is 11.8 Å². The van der Waals surface area contributed by atoms with E-state index in [0.717, 1.165) is 17.9 Å². The summed E-state index contributed by atoms with van der Waals surface area (Å²) in [6, 6.07) is 0.801. The van der Waals surface area contributed by atoms with Gasteiger partial charge in [0.1, 0.15) is 0 Å². The summed E-state index contributed by atoms with van der Waals surface area (Å²) in [5.41, 5.74) is 0. The molecule has 0 spiro atoms. The Bertz CT molecular complexity index is 178. The van der Waals surface area contributed by atoms with Crippen LogP contribution in [0.3, 0.4) is 0 Å². The van der Waals surface area contributed by atoms with Crippen molar-refractivity contribution in [3.8, 4) is 0 Å². The summed E-state index contributed by atoms with van der Waals surface area (Å²) in [4.78, 5) is 0. The third-order valence-electron chi connectivity index (χ3n) is 4.54. The van der Waals surface area contributed by atoms with Crippen molar-refractivity contribution in [2.45, 2.75) is 84.6 Å². The Kier molecular flexibility index (Phi) is 7.92. The molecule has 0 aromatic carbocycles. The van der Waals surface area contributed by atoms with Crippen LogP contribution in [0.5, 0.6) is 0 Å². The molecular formula is C16H33N. The molecule has 1 fully saturated rings. The molecule has 1 saturated carbocycles. The van der Waals surface area contributed by atoms with Crippen LogP contribution >= 0.6 is 0 Å². The van der Waals surface area contributed by atoms with Crippen molar-refractivity contribution in [3.63, 3.8) is 0 Å². The first-order valence-electron chi connectivity index (χ1n) is 8.05. The maximum absolute atomic E-state index is 3.80. The molecule has 17 heavy (non-hydrogen) atoms. The molecule has 1 rings (SSSR count). The minimum absolute atomic E-state index is 0.801. The van der Waals surface area contributed by atoms with Gasteiger partial charge in [0.2, 0.25) is 0 Å². The molecule has 0 heterocycles. The second kappa shape index (κ2) is 8.97. The summed E-state index contributed by atoms with van der Waals surface area (Å²) in [6.45, 7) is 8.17. The molecule has 0 saturated heterocycles. The van der Waals surface area contributed by atoms with Crippen LogP contribution < -0.4 is 5.32 Å². The zero-order valence-corrected chi connectivity index (χ0v) is 12.3. The van der Waals surface area contributed by atoms with Crippen molar-refractivity contribution in [1.82, 2.24) is 5.32 Å². The van der Waals surface area contributed by atoms with Gasteiger partial charge in [-0.3, -0.25) is 0 Å². The maximum Gasteiger partial charge on any atom is 0.00952 e. The van der Waals surface area contributed by atoms with Gasteiger partial charge in [-0.25, -0.2) is 0 Å². The molecule has 3 unspecified atom stereocenters. The summed E-state index contributed by atoms with van der Waals surface area (Å²) in [6.07, 6.45) is 12.7. The van der Waals surface area contributed by atoms with Gasteiger partial charge >= 0.3 is 0 Å². The van der Waals surface area contributed by atoms with E-state index in [9.17, 15) is 0 Å². The van der Waals surface area contributed by atoms with E-state index in [2.05, 4.69) is 26.1 Å². The molecule has 0 amide bonds. The van der Waals surface area contributed by atoms with Gasteiger partial charge in [0.25, 0.3) is 0 Å². The topological polar surface area (TPSA) is 12.0 Å². The summed E-state index contributed by atoms with van der Waals surface area (Å²) in [5, 5.41) is 3.80. The lowest BCUT2D eigenvalue weighted by atomic mass is 9.88. The predicted octanol–water partition coefficient (Wildman–Crippen LogP) is 4.76. The highest BCUT2D eigenvalue weighted by Crippen LogP contribution is 2.31. The summed E-state index contributed by atoms with van der Waals surface area (Å²) >= 11 is 0. The fraction of sp³-hybridized carbons (Fsp3) is 1.00. The van der Waals surface area contributed by atoms with Gasteiger partial charge in [-0.1, -0.05) is 52.9 Å². The van der Waals surface area contributed by atoms with Crippen LogP contribution in [-0.2, 0) is 0 Å². The van der Waals surface area contributed by atoms with Crippen LogP contribution in [0.1, 0.15) is 78.6 Å². The third kappa shape index (κ3) is 5.42. The zero-order valence-electron chi connectivity index (χ0n) is 12.3. The number of rotatable bonds is 7. The van der Waals surface area contributed by atoms with Gasteiger partial charge in [-0.15, -0.1) is 0 Å². The van der Waals surface area contributed by atoms with Gasteiger partial charge in [0.05, 0.1) is 0 Å². The van der Waals surface area contributed by atoms with Gasteiger partial charge < -0.3 is 5.32 Å². The largest absolute Gasteiger partial charge is 0.314 e. The normalized spacial score (nSPS) is 27.7. The van der Waals surface area contributed by atoms with E-state index in [-0.39, 0.29) is 0 Å². The monoisotopic (exact) mass is 239 g/mol. The van der Waals surface area contributed by atoms with E-state index in [1.165, 1.54) is 64.3 Å². The highest BCUT2D eigenvalue weighted by atomic mass is 14.9. The quantitative estimate of drug-likeness (QED) is 0.632. The number of hydrogen-bond donors (Lipinski definition) is 1. The van der Waals surface area contributed by atoms with Crippen molar-refractivity contribution in [2.75, 3.05) is 6.54 Å². The van der Waals surface area contributed by atoms with Crippen LogP contribution in [0.25, 0.3) is 0 Å². The summed E-state index contributed by atoms with van der Waals surface area (Å²) < 4.78 is 0. The van der Waals surface area contributed by atoms with Gasteiger partial charge in [0.15, 0.2) is 0 Å². The predicted molar refractivity (Wildman–Crippen MR) is 77.3 cm³/mol. The Morgan fingerprint density at radius 3 is 2.47 bits per heavy atom. The molecule has 1 nitrogen and oxygen atoms in total. The van der Waals surface area contributed by atoms with E-state index in [1.54, 1.807) is 0 Å². The highest BCUT2D eigenvalue weighted by Gasteiger charge is 2.24. The molecule has 1 N–H and O–H groups in total. The first kappa shape index (κ1) is 15.0. The molecule has 0 aromatic rings. The van der Waals surface area contributed by atoms with Gasteiger partial charge in [0, 0.05) is 6.04 Å². The Hall–Kier alpha value is -0.0400. The van der Waals surface area contributed by atoms with E-state index in [1.807, 2.05) is 0 Å². The van der Waals surface area contributed by atoms with Crippen molar-refractivity contribution >= 4 is 0 Å². The second-order valence-corrected chi connectivity index (χ2v) is 5.89. The second-order valence-electron chi connectivity index (χ2n) is 5.89. The lowest BCUT2D eigenvalue weighted by Crippen LogP contribution is -2.36. The summed E-state index contributed by atoms with van der Waals surface area (Å²) in [7, 11) is 0. The maximum atomic E-state index is 3.80. The Morgan fingerprint density at radius 2 is 1.82 bits per heavy atom. The smallest absolute Gasteiger partial charge is 0.00952 e. The molecule has 0 aliphatic heterocycles. The van der Waals surface area contributed by atoms with E-state index >= 15 is 0 Å². The molecule has 0 aromatic heterocycles. The Labute approximate surface area is 109 Å². The average Bonchev–Trinajstić information content (AvgIpc) is 2.59. The van der Waals surface area contributed by atoms with Crippen molar-refractivity contribution in [3.05, 3.63) is 0 Å². The molecule has 1 aliphatic carbocycles. The number of hydrogen-bond acceptors (Lipinski definition) is 1. The van der Waals surface area contributed by atoms with Crippen molar-refractivity contribution in [1.29, 1.82) is 0 Å². The summed E-state index contributed by atoms with van der Waals surface area (Å²) in [5.74, 6) is 1.98. The molecule has 1 aliphatic rings. The lowest BCUT2D eigenvalue weighted by Gasteiger charge is -2.27.